The minimum Gasteiger partial charge on any atom is -0.355 e. The predicted molar refractivity (Wildman–Crippen MR) is 124 cm³/mol. The van der Waals surface area contributed by atoms with Gasteiger partial charge in [0, 0.05) is 25.5 Å². The minimum absolute atomic E-state index is 0. The van der Waals surface area contributed by atoms with Gasteiger partial charge in [0.05, 0.1) is 22.8 Å². The highest BCUT2D eigenvalue weighted by atomic mass is 127. The Bertz CT molecular complexity index is 766. The van der Waals surface area contributed by atoms with Crippen LogP contribution in [-0.4, -0.2) is 37.0 Å². The van der Waals surface area contributed by atoms with Crippen LogP contribution < -0.4 is 16.0 Å². The fourth-order valence-electron chi connectivity index (χ4n) is 2.15. The summed E-state index contributed by atoms with van der Waals surface area (Å²) < 4.78 is 0. The van der Waals surface area contributed by atoms with Crippen molar-refractivity contribution in [2.75, 3.05) is 20.1 Å². The first-order chi connectivity index (χ1) is 12.5. The molecule has 2 aromatic rings. The zero-order valence-electron chi connectivity index (χ0n) is 15.6. The molecule has 148 valence electrons. The molecule has 0 bridgehead atoms. The number of aliphatic imine (C=N–C) groups is 1. The minimum atomic E-state index is -0.190. The van der Waals surface area contributed by atoms with E-state index >= 15 is 0 Å². The van der Waals surface area contributed by atoms with E-state index < -0.39 is 0 Å². The lowest BCUT2D eigenvalue weighted by Gasteiger charge is -2.12. The van der Waals surface area contributed by atoms with Gasteiger partial charge in [-0.2, -0.15) is 0 Å². The van der Waals surface area contributed by atoms with Crippen molar-refractivity contribution in [2.24, 2.45) is 4.99 Å². The van der Waals surface area contributed by atoms with Crippen LogP contribution in [0.3, 0.4) is 0 Å². The van der Waals surface area contributed by atoms with E-state index in [1.54, 1.807) is 42.6 Å². The molecule has 27 heavy (non-hydrogen) atoms. The number of rotatable bonds is 7. The summed E-state index contributed by atoms with van der Waals surface area (Å²) in [5.74, 6) is 0.904. The van der Waals surface area contributed by atoms with Crippen LogP contribution in [0.25, 0.3) is 0 Å². The standard InChI is InChI=1S/C18H24ClN5OS.HI/c1-12(2)15-11-26-16(24-15)10-23-18(20-3)22-9-8-21-17(25)13-6-4-5-7-14(13)19;/h4-7,11-12H,8-10H2,1-3H3,(H,21,25)(H2,20,22,23);1H. The lowest BCUT2D eigenvalue weighted by molar-refractivity contribution is 0.0954. The molecule has 0 fully saturated rings. The molecule has 0 spiro atoms. The molecule has 0 unspecified atom stereocenters. The molecule has 1 heterocycles. The SMILES string of the molecule is CN=C(NCCNC(=O)c1ccccc1Cl)NCc1nc(C(C)C)cs1.I. The highest BCUT2D eigenvalue weighted by Gasteiger charge is 2.09. The van der Waals surface area contributed by atoms with Crippen molar-refractivity contribution >= 4 is 58.8 Å². The van der Waals surface area contributed by atoms with Gasteiger partial charge in [-0.25, -0.2) is 4.98 Å². The van der Waals surface area contributed by atoms with E-state index in [0.29, 0.717) is 42.1 Å². The summed E-state index contributed by atoms with van der Waals surface area (Å²) in [5.41, 5.74) is 1.58. The van der Waals surface area contributed by atoms with Gasteiger partial charge in [0.1, 0.15) is 5.01 Å². The van der Waals surface area contributed by atoms with Gasteiger partial charge in [0.2, 0.25) is 0 Å². The molecule has 9 heteroatoms. The first-order valence-electron chi connectivity index (χ1n) is 8.42. The summed E-state index contributed by atoms with van der Waals surface area (Å²) in [6.45, 7) is 5.88. The maximum atomic E-state index is 12.1. The molecular weight excluding hydrogens is 497 g/mol. The summed E-state index contributed by atoms with van der Waals surface area (Å²) in [7, 11) is 1.71. The number of hydrogen-bond acceptors (Lipinski definition) is 4. The number of benzene rings is 1. The molecular formula is C18H25ClIN5OS. The summed E-state index contributed by atoms with van der Waals surface area (Å²) >= 11 is 7.65. The van der Waals surface area contributed by atoms with Gasteiger partial charge in [-0.3, -0.25) is 9.79 Å². The highest BCUT2D eigenvalue weighted by Crippen LogP contribution is 2.17. The third-order valence-electron chi connectivity index (χ3n) is 3.61. The third kappa shape index (κ3) is 7.63. The average molecular weight is 522 g/mol. The van der Waals surface area contributed by atoms with E-state index in [4.69, 9.17) is 11.6 Å². The third-order valence-corrected chi connectivity index (χ3v) is 4.81. The number of hydrogen-bond donors (Lipinski definition) is 3. The number of nitrogens with zero attached hydrogens (tertiary/aromatic N) is 2. The van der Waals surface area contributed by atoms with Gasteiger partial charge in [0.15, 0.2) is 5.96 Å². The van der Waals surface area contributed by atoms with Gasteiger partial charge in [-0.15, -0.1) is 35.3 Å². The first kappa shape index (κ1) is 23.6. The van der Waals surface area contributed by atoms with E-state index in [0.717, 1.165) is 10.7 Å². The number of carbonyl (C=O) groups is 1. The van der Waals surface area contributed by atoms with Crippen molar-refractivity contribution in [3.8, 4) is 0 Å². The van der Waals surface area contributed by atoms with Crippen LogP contribution >= 0.6 is 46.9 Å². The Balaban J connectivity index is 0.00000364. The smallest absolute Gasteiger partial charge is 0.252 e. The predicted octanol–water partition coefficient (Wildman–Crippen LogP) is 3.63. The molecule has 1 aromatic heterocycles. The van der Waals surface area contributed by atoms with Gasteiger partial charge in [0.25, 0.3) is 5.91 Å². The number of carbonyl (C=O) groups excluding carboxylic acids is 1. The fourth-order valence-corrected chi connectivity index (χ4v) is 3.27. The van der Waals surface area contributed by atoms with Crippen LogP contribution in [0.5, 0.6) is 0 Å². The Hall–Kier alpha value is -1.39. The number of aromatic nitrogens is 1. The molecule has 1 aromatic carbocycles. The van der Waals surface area contributed by atoms with Crippen molar-refractivity contribution < 1.29 is 4.79 Å². The van der Waals surface area contributed by atoms with Gasteiger partial charge in [-0.05, 0) is 18.1 Å². The summed E-state index contributed by atoms with van der Waals surface area (Å²) in [5, 5.41) is 12.8. The van der Waals surface area contributed by atoms with Crippen LogP contribution in [-0.2, 0) is 6.54 Å². The van der Waals surface area contributed by atoms with Crippen molar-refractivity contribution in [3.05, 3.63) is 50.9 Å². The Morgan fingerprint density at radius 1 is 1.22 bits per heavy atom. The van der Waals surface area contributed by atoms with Crippen LogP contribution in [0.15, 0.2) is 34.6 Å². The Morgan fingerprint density at radius 2 is 1.93 bits per heavy atom. The second-order valence-electron chi connectivity index (χ2n) is 5.91. The van der Waals surface area contributed by atoms with Crippen molar-refractivity contribution in [2.45, 2.75) is 26.3 Å². The van der Waals surface area contributed by atoms with Crippen LogP contribution in [0.4, 0.5) is 0 Å². The van der Waals surface area contributed by atoms with E-state index in [9.17, 15) is 4.79 Å². The molecule has 0 saturated carbocycles. The summed E-state index contributed by atoms with van der Waals surface area (Å²) in [4.78, 5) is 20.8. The monoisotopic (exact) mass is 521 g/mol. The number of guanidine groups is 1. The van der Waals surface area contributed by atoms with Crippen LogP contribution in [0.2, 0.25) is 5.02 Å². The number of thiazole rings is 1. The van der Waals surface area contributed by atoms with Crippen molar-refractivity contribution in [1.29, 1.82) is 0 Å². The van der Waals surface area contributed by atoms with Crippen LogP contribution in [0, 0.1) is 0 Å². The number of nitrogens with one attached hydrogen (secondary N) is 3. The lowest BCUT2D eigenvalue weighted by atomic mass is 10.2. The average Bonchev–Trinajstić information content (AvgIpc) is 3.10. The second-order valence-corrected chi connectivity index (χ2v) is 7.26. The van der Waals surface area contributed by atoms with Gasteiger partial charge >= 0.3 is 0 Å². The van der Waals surface area contributed by atoms with Gasteiger partial charge in [-0.1, -0.05) is 37.6 Å². The quantitative estimate of drug-likeness (QED) is 0.225. The normalized spacial score (nSPS) is 11.1. The molecule has 0 aliphatic heterocycles. The zero-order valence-corrected chi connectivity index (χ0v) is 19.5. The molecule has 0 aliphatic carbocycles. The number of amides is 1. The lowest BCUT2D eigenvalue weighted by Crippen LogP contribution is -2.41. The van der Waals surface area contributed by atoms with E-state index in [-0.39, 0.29) is 29.9 Å². The van der Waals surface area contributed by atoms with Crippen molar-refractivity contribution in [3.63, 3.8) is 0 Å². The first-order valence-corrected chi connectivity index (χ1v) is 9.68. The molecule has 2 rings (SSSR count). The molecule has 6 nitrogen and oxygen atoms in total. The largest absolute Gasteiger partial charge is 0.355 e. The maximum Gasteiger partial charge on any atom is 0.252 e. The summed E-state index contributed by atoms with van der Waals surface area (Å²) in [6.07, 6.45) is 0. The Labute approximate surface area is 186 Å². The van der Waals surface area contributed by atoms with E-state index in [1.165, 1.54) is 0 Å². The van der Waals surface area contributed by atoms with Gasteiger partial charge < -0.3 is 16.0 Å². The zero-order chi connectivity index (χ0) is 18.9. The second kappa shape index (κ2) is 12.1. The van der Waals surface area contributed by atoms with E-state index in [1.807, 2.05) is 0 Å². The highest BCUT2D eigenvalue weighted by molar-refractivity contribution is 14.0. The Kier molecular flexibility index (Phi) is 10.6. The van der Waals surface area contributed by atoms with Crippen molar-refractivity contribution in [1.82, 2.24) is 20.9 Å². The molecule has 0 radical (unpaired) electrons. The van der Waals surface area contributed by atoms with E-state index in [2.05, 4.69) is 45.2 Å². The summed E-state index contributed by atoms with van der Waals surface area (Å²) in [6, 6.07) is 6.98. The molecule has 3 N–H and O–H groups in total. The van der Waals surface area contributed by atoms with Crippen LogP contribution in [0.1, 0.15) is 40.8 Å². The molecule has 0 saturated heterocycles. The molecule has 0 atom stereocenters. The topological polar surface area (TPSA) is 78.4 Å². The molecule has 1 amide bonds. The molecule has 0 aliphatic rings. The maximum absolute atomic E-state index is 12.1. The number of halogens is 2. The fraction of sp³-hybridized carbons (Fsp3) is 0.389. The Morgan fingerprint density at radius 3 is 2.56 bits per heavy atom.